The van der Waals surface area contributed by atoms with Crippen LogP contribution < -0.4 is 10.1 Å². The number of hydrogen-bond donors (Lipinski definition) is 1. The highest BCUT2D eigenvalue weighted by atomic mass is 79.9. The Morgan fingerprint density at radius 2 is 2.04 bits per heavy atom. The number of carbonyl (C=O) groups excluding carboxylic acids is 2. The maximum atomic E-state index is 11.7. The van der Waals surface area contributed by atoms with Crippen molar-refractivity contribution < 1.29 is 19.1 Å². The van der Waals surface area contributed by atoms with Crippen LogP contribution in [-0.4, -0.2) is 25.6 Å². The van der Waals surface area contributed by atoms with Gasteiger partial charge in [-0.05, 0) is 40.2 Å². The molecule has 1 N–H and O–H groups in total. The van der Waals surface area contributed by atoms with Crippen LogP contribution in [0.4, 0.5) is 0 Å². The second-order valence-corrected chi connectivity index (χ2v) is 7.17. The zero-order chi connectivity index (χ0) is 17.4. The van der Waals surface area contributed by atoms with Gasteiger partial charge in [-0.2, -0.15) is 0 Å². The van der Waals surface area contributed by atoms with E-state index in [0.29, 0.717) is 12.3 Å². The summed E-state index contributed by atoms with van der Waals surface area (Å²) in [5.74, 6) is -0.242. The van der Waals surface area contributed by atoms with Crippen LogP contribution in [0.25, 0.3) is 6.08 Å². The fourth-order valence-corrected chi connectivity index (χ4v) is 3.17. The molecule has 0 aliphatic rings. The molecule has 0 spiro atoms. The Labute approximate surface area is 152 Å². The first-order chi connectivity index (χ1) is 11.6. The predicted molar refractivity (Wildman–Crippen MR) is 96.9 cm³/mol. The van der Waals surface area contributed by atoms with E-state index in [1.165, 1.54) is 17.4 Å². The number of amides is 1. The number of rotatable bonds is 7. The van der Waals surface area contributed by atoms with Gasteiger partial charge in [0.1, 0.15) is 5.75 Å². The highest BCUT2D eigenvalue weighted by molar-refractivity contribution is 9.11. The van der Waals surface area contributed by atoms with Gasteiger partial charge in [0.25, 0.3) is 5.91 Å². The number of halogens is 1. The Balaban J connectivity index is 1.74. The number of esters is 1. The molecular weight excluding hydrogens is 394 g/mol. The first kappa shape index (κ1) is 18.2. The quantitative estimate of drug-likeness (QED) is 0.562. The fourth-order valence-electron chi connectivity index (χ4n) is 1.85. The van der Waals surface area contributed by atoms with Gasteiger partial charge in [-0.25, -0.2) is 4.79 Å². The molecule has 126 valence electrons. The molecule has 1 aromatic carbocycles. The van der Waals surface area contributed by atoms with Gasteiger partial charge in [0.15, 0.2) is 6.61 Å². The Morgan fingerprint density at radius 1 is 1.25 bits per heavy atom. The Bertz CT molecular complexity index is 742. The van der Waals surface area contributed by atoms with Crippen molar-refractivity contribution in [3.8, 4) is 5.75 Å². The Kier molecular flexibility index (Phi) is 7.02. The van der Waals surface area contributed by atoms with Gasteiger partial charge in [-0.15, -0.1) is 11.3 Å². The smallest absolute Gasteiger partial charge is 0.331 e. The number of hydrogen-bond acceptors (Lipinski definition) is 5. The minimum Gasteiger partial charge on any atom is -0.496 e. The van der Waals surface area contributed by atoms with Crippen molar-refractivity contribution in [2.24, 2.45) is 0 Å². The van der Waals surface area contributed by atoms with Crippen molar-refractivity contribution in [1.82, 2.24) is 5.32 Å². The summed E-state index contributed by atoms with van der Waals surface area (Å²) >= 11 is 4.84. The van der Waals surface area contributed by atoms with Crippen LogP contribution in [0.1, 0.15) is 10.4 Å². The van der Waals surface area contributed by atoms with Crippen molar-refractivity contribution in [3.05, 3.63) is 56.7 Å². The summed E-state index contributed by atoms with van der Waals surface area (Å²) in [6.07, 6.45) is 2.94. The molecule has 0 aliphatic heterocycles. The van der Waals surface area contributed by atoms with Crippen molar-refractivity contribution in [3.63, 3.8) is 0 Å². The molecule has 7 heteroatoms. The van der Waals surface area contributed by atoms with Crippen LogP contribution in [-0.2, 0) is 20.9 Å². The first-order valence-corrected chi connectivity index (χ1v) is 8.68. The molecule has 0 unspecified atom stereocenters. The van der Waals surface area contributed by atoms with E-state index in [-0.39, 0.29) is 12.5 Å². The molecular formula is C17H16BrNO4S. The lowest BCUT2D eigenvalue weighted by Gasteiger charge is -2.09. The lowest BCUT2D eigenvalue weighted by molar-refractivity contribution is -0.143. The minimum absolute atomic E-state index is 0.305. The number of nitrogens with one attached hydrogen (secondary N) is 1. The molecule has 0 bridgehead atoms. The minimum atomic E-state index is -0.563. The predicted octanol–water partition coefficient (Wildman–Crippen LogP) is 3.39. The molecule has 0 saturated carbocycles. The molecule has 1 aromatic heterocycles. The number of thiophene rings is 1. The molecule has 0 fully saturated rings. The standard InChI is InChI=1S/C17H16BrNO4S/c1-22-14-5-3-2-4-12(14)10-19-16(20)11-23-17(21)9-7-13-6-8-15(18)24-13/h2-9H,10-11H2,1H3,(H,19,20)/b9-7+. The third kappa shape index (κ3) is 5.82. The van der Waals surface area contributed by atoms with Crippen LogP contribution in [0.2, 0.25) is 0 Å². The van der Waals surface area contributed by atoms with E-state index >= 15 is 0 Å². The molecule has 2 rings (SSSR count). The molecule has 0 aliphatic carbocycles. The highest BCUT2D eigenvalue weighted by Gasteiger charge is 2.07. The highest BCUT2D eigenvalue weighted by Crippen LogP contribution is 2.23. The van der Waals surface area contributed by atoms with Crippen molar-refractivity contribution in [2.45, 2.75) is 6.54 Å². The summed E-state index contributed by atoms with van der Waals surface area (Å²) in [5.41, 5.74) is 0.850. The van der Waals surface area contributed by atoms with E-state index in [0.717, 1.165) is 14.2 Å². The van der Waals surface area contributed by atoms with Crippen LogP contribution in [0, 0.1) is 0 Å². The fraction of sp³-hybridized carbons (Fsp3) is 0.176. The second-order valence-electron chi connectivity index (χ2n) is 4.67. The number of methoxy groups -OCH3 is 1. The molecule has 0 radical (unpaired) electrons. The van der Waals surface area contributed by atoms with E-state index in [2.05, 4.69) is 21.2 Å². The van der Waals surface area contributed by atoms with Gasteiger partial charge >= 0.3 is 5.97 Å². The number of para-hydroxylation sites is 1. The van der Waals surface area contributed by atoms with Crippen LogP contribution >= 0.6 is 27.3 Å². The van der Waals surface area contributed by atoms with Gasteiger partial charge in [-0.3, -0.25) is 4.79 Å². The molecule has 1 heterocycles. The van der Waals surface area contributed by atoms with Gasteiger partial charge in [0.2, 0.25) is 0 Å². The Hall–Kier alpha value is -2.12. The topological polar surface area (TPSA) is 64.6 Å². The maximum absolute atomic E-state index is 11.7. The second kappa shape index (κ2) is 9.24. The molecule has 24 heavy (non-hydrogen) atoms. The van der Waals surface area contributed by atoms with Gasteiger partial charge in [0.05, 0.1) is 10.9 Å². The van der Waals surface area contributed by atoms with E-state index in [9.17, 15) is 9.59 Å². The molecule has 1 amide bonds. The summed E-state index contributed by atoms with van der Waals surface area (Å²) in [6, 6.07) is 11.1. The Morgan fingerprint density at radius 3 is 2.75 bits per heavy atom. The molecule has 5 nitrogen and oxygen atoms in total. The van der Waals surface area contributed by atoms with Gasteiger partial charge in [-0.1, -0.05) is 18.2 Å². The van der Waals surface area contributed by atoms with Crippen molar-refractivity contribution >= 4 is 45.2 Å². The number of benzene rings is 1. The molecule has 0 atom stereocenters. The molecule has 0 saturated heterocycles. The largest absolute Gasteiger partial charge is 0.496 e. The van der Waals surface area contributed by atoms with E-state index in [1.54, 1.807) is 13.2 Å². The zero-order valence-corrected chi connectivity index (χ0v) is 15.4. The lowest BCUT2D eigenvalue weighted by Crippen LogP contribution is -2.28. The normalized spacial score (nSPS) is 10.6. The summed E-state index contributed by atoms with van der Waals surface area (Å²) < 4.78 is 11.1. The van der Waals surface area contributed by atoms with E-state index in [4.69, 9.17) is 9.47 Å². The molecule has 2 aromatic rings. The average Bonchev–Trinajstić information content (AvgIpc) is 3.01. The summed E-state index contributed by atoms with van der Waals surface area (Å²) in [6.45, 7) is -0.0219. The zero-order valence-electron chi connectivity index (χ0n) is 13.0. The van der Waals surface area contributed by atoms with Crippen LogP contribution in [0.15, 0.2) is 46.3 Å². The third-order valence-electron chi connectivity index (χ3n) is 2.99. The summed E-state index contributed by atoms with van der Waals surface area (Å²) in [7, 11) is 1.57. The van der Waals surface area contributed by atoms with Crippen LogP contribution in [0.3, 0.4) is 0 Å². The average molecular weight is 410 g/mol. The number of carbonyl (C=O) groups is 2. The summed E-state index contributed by atoms with van der Waals surface area (Å²) in [5, 5.41) is 2.68. The van der Waals surface area contributed by atoms with Crippen LogP contribution in [0.5, 0.6) is 5.75 Å². The van der Waals surface area contributed by atoms with Gasteiger partial charge in [0, 0.05) is 23.1 Å². The van der Waals surface area contributed by atoms with Crippen molar-refractivity contribution in [1.29, 1.82) is 0 Å². The monoisotopic (exact) mass is 409 g/mol. The third-order valence-corrected chi connectivity index (χ3v) is 4.58. The van der Waals surface area contributed by atoms with E-state index < -0.39 is 5.97 Å². The van der Waals surface area contributed by atoms with Crippen molar-refractivity contribution in [2.75, 3.05) is 13.7 Å². The lowest BCUT2D eigenvalue weighted by atomic mass is 10.2. The SMILES string of the molecule is COc1ccccc1CNC(=O)COC(=O)/C=C/c1ccc(Br)s1. The number of ether oxygens (including phenoxy) is 2. The van der Waals surface area contributed by atoms with E-state index in [1.807, 2.05) is 36.4 Å². The maximum Gasteiger partial charge on any atom is 0.331 e. The van der Waals surface area contributed by atoms with Gasteiger partial charge < -0.3 is 14.8 Å². The summed E-state index contributed by atoms with van der Waals surface area (Å²) in [4.78, 5) is 24.2. The first-order valence-electron chi connectivity index (χ1n) is 7.07.